The Balaban J connectivity index is 2.99. The number of hydrogen-bond acceptors (Lipinski definition) is 2. The molecule has 0 fully saturated rings. The molecule has 0 saturated carbocycles. The van der Waals surface area contributed by atoms with E-state index in [9.17, 15) is 9.59 Å². The van der Waals surface area contributed by atoms with Crippen molar-refractivity contribution in [1.29, 1.82) is 0 Å². The van der Waals surface area contributed by atoms with Gasteiger partial charge < -0.3 is 5.11 Å². The number of benzene rings is 1. The number of rotatable bonds is 4. The van der Waals surface area contributed by atoms with E-state index >= 15 is 0 Å². The zero-order chi connectivity index (χ0) is 11.3. The fourth-order valence-corrected chi connectivity index (χ4v) is 1.31. The molecule has 1 rings (SSSR count). The second-order valence-electron chi connectivity index (χ2n) is 3.04. The molecule has 3 heteroatoms. The van der Waals surface area contributed by atoms with Crippen molar-refractivity contribution in [1.82, 2.24) is 0 Å². The van der Waals surface area contributed by atoms with Crippen LogP contribution in [-0.4, -0.2) is 16.9 Å². The Morgan fingerprint density at radius 2 is 1.93 bits per heavy atom. The van der Waals surface area contributed by atoms with E-state index in [1.807, 2.05) is 0 Å². The minimum absolute atomic E-state index is 0.106. The van der Waals surface area contributed by atoms with Gasteiger partial charge in [0.2, 0.25) is 5.78 Å². The normalized spacial score (nSPS) is 11.4. The van der Waals surface area contributed by atoms with Crippen LogP contribution in [0, 0.1) is 12.3 Å². The lowest BCUT2D eigenvalue weighted by atomic mass is 9.92. The van der Waals surface area contributed by atoms with Gasteiger partial charge in [0.15, 0.2) is 0 Å². The van der Waals surface area contributed by atoms with Crippen molar-refractivity contribution in [2.45, 2.75) is 12.3 Å². The van der Waals surface area contributed by atoms with Crippen LogP contribution >= 0.6 is 0 Å². The second kappa shape index (κ2) is 4.97. The van der Waals surface area contributed by atoms with E-state index in [2.05, 4.69) is 5.92 Å². The van der Waals surface area contributed by atoms with Gasteiger partial charge >= 0.3 is 5.97 Å². The average Bonchev–Trinajstić information content (AvgIpc) is 2.26. The SMILES string of the molecule is C#CCC(C(=O)C(=O)O)c1ccccc1. The zero-order valence-corrected chi connectivity index (χ0v) is 8.01. The maximum absolute atomic E-state index is 11.3. The lowest BCUT2D eigenvalue weighted by Gasteiger charge is -2.10. The number of carboxylic acids is 1. The van der Waals surface area contributed by atoms with E-state index < -0.39 is 17.7 Å². The molecule has 1 atom stereocenters. The van der Waals surface area contributed by atoms with Gasteiger partial charge in [-0.25, -0.2) is 4.79 Å². The fraction of sp³-hybridized carbons (Fsp3) is 0.167. The van der Waals surface area contributed by atoms with Crippen LogP contribution in [0.2, 0.25) is 0 Å². The van der Waals surface area contributed by atoms with Crippen LogP contribution in [0.4, 0.5) is 0 Å². The Bertz CT molecular complexity index is 401. The number of ketones is 1. The Morgan fingerprint density at radius 3 is 2.40 bits per heavy atom. The third-order valence-corrected chi connectivity index (χ3v) is 2.05. The molecule has 0 aliphatic carbocycles. The van der Waals surface area contributed by atoms with Crippen molar-refractivity contribution < 1.29 is 14.7 Å². The molecule has 0 spiro atoms. The van der Waals surface area contributed by atoms with Crippen molar-refractivity contribution in [3.8, 4) is 12.3 Å². The molecule has 0 aromatic heterocycles. The van der Waals surface area contributed by atoms with E-state index in [0.717, 1.165) is 0 Å². The number of carbonyl (C=O) groups excluding carboxylic acids is 1. The topological polar surface area (TPSA) is 54.4 Å². The largest absolute Gasteiger partial charge is 0.475 e. The minimum Gasteiger partial charge on any atom is -0.475 e. The lowest BCUT2D eigenvalue weighted by Crippen LogP contribution is -2.21. The summed E-state index contributed by atoms with van der Waals surface area (Å²) in [6, 6.07) is 8.68. The molecule has 1 aromatic rings. The fourth-order valence-electron chi connectivity index (χ4n) is 1.31. The number of carboxylic acid groups (broad SMARTS) is 1. The number of carbonyl (C=O) groups is 2. The average molecular weight is 202 g/mol. The Labute approximate surface area is 87.7 Å². The first kappa shape index (κ1) is 11.0. The van der Waals surface area contributed by atoms with Gasteiger partial charge in [-0.1, -0.05) is 30.3 Å². The highest BCUT2D eigenvalue weighted by molar-refractivity contribution is 6.35. The van der Waals surface area contributed by atoms with Gasteiger partial charge in [0.25, 0.3) is 0 Å². The summed E-state index contributed by atoms with van der Waals surface area (Å²) >= 11 is 0. The summed E-state index contributed by atoms with van der Waals surface area (Å²) < 4.78 is 0. The molecule has 1 unspecified atom stereocenters. The van der Waals surface area contributed by atoms with Gasteiger partial charge in [0, 0.05) is 6.42 Å². The Kier molecular flexibility index (Phi) is 3.64. The molecule has 0 aliphatic rings. The summed E-state index contributed by atoms with van der Waals surface area (Å²) in [7, 11) is 0. The first-order chi connectivity index (χ1) is 7.16. The Hall–Kier alpha value is -2.08. The van der Waals surface area contributed by atoms with Crippen LogP contribution < -0.4 is 0 Å². The quantitative estimate of drug-likeness (QED) is 0.593. The van der Waals surface area contributed by atoms with Crippen molar-refractivity contribution >= 4 is 11.8 Å². The molecule has 0 saturated heterocycles. The van der Waals surface area contributed by atoms with E-state index in [4.69, 9.17) is 11.5 Å². The number of hydrogen-bond donors (Lipinski definition) is 1. The molecule has 76 valence electrons. The van der Waals surface area contributed by atoms with Gasteiger partial charge in [0.05, 0.1) is 5.92 Å². The second-order valence-corrected chi connectivity index (χ2v) is 3.04. The van der Waals surface area contributed by atoms with Crippen LogP contribution in [0.15, 0.2) is 30.3 Å². The molecular weight excluding hydrogens is 192 g/mol. The summed E-state index contributed by atoms with van der Waals surface area (Å²) in [6.07, 6.45) is 5.22. The van der Waals surface area contributed by atoms with Crippen LogP contribution in [-0.2, 0) is 9.59 Å². The van der Waals surface area contributed by atoms with Crippen LogP contribution in [0.25, 0.3) is 0 Å². The maximum Gasteiger partial charge on any atom is 0.372 e. The van der Waals surface area contributed by atoms with Gasteiger partial charge in [-0.15, -0.1) is 12.3 Å². The van der Waals surface area contributed by atoms with E-state index in [1.54, 1.807) is 30.3 Å². The standard InChI is InChI=1S/C12H10O3/c1-2-6-10(11(13)12(14)15)9-7-4-3-5-8-9/h1,3-5,7-8,10H,6H2,(H,14,15). The first-order valence-electron chi connectivity index (χ1n) is 4.42. The van der Waals surface area contributed by atoms with Crippen molar-refractivity contribution in [3.05, 3.63) is 35.9 Å². The first-order valence-corrected chi connectivity index (χ1v) is 4.42. The lowest BCUT2D eigenvalue weighted by molar-refractivity contribution is -0.149. The van der Waals surface area contributed by atoms with E-state index in [1.165, 1.54) is 0 Å². The molecule has 0 heterocycles. The smallest absolute Gasteiger partial charge is 0.372 e. The highest BCUT2D eigenvalue weighted by Crippen LogP contribution is 2.20. The molecule has 0 amide bonds. The summed E-state index contributed by atoms with van der Waals surface area (Å²) in [5, 5.41) is 8.62. The highest BCUT2D eigenvalue weighted by atomic mass is 16.4. The molecule has 0 bridgehead atoms. The Morgan fingerprint density at radius 1 is 1.33 bits per heavy atom. The van der Waals surface area contributed by atoms with Gasteiger partial charge in [-0.3, -0.25) is 4.79 Å². The van der Waals surface area contributed by atoms with Gasteiger partial charge in [0.1, 0.15) is 0 Å². The predicted octanol–water partition coefficient (Wildman–Crippen LogP) is 1.45. The maximum atomic E-state index is 11.3. The highest BCUT2D eigenvalue weighted by Gasteiger charge is 2.25. The molecule has 0 aliphatic heterocycles. The van der Waals surface area contributed by atoms with Crippen molar-refractivity contribution in [3.63, 3.8) is 0 Å². The zero-order valence-electron chi connectivity index (χ0n) is 8.01. The number of aliphatic carboxylic acids is 1. The van der Waals surface area contributed by atoms with E-state index in [-0.39, 0.29) is 6.42 Å². The summed E-state index contributed by atoms with van der Waals surface area (Å²) in [5.41, 5.74) is 0.642. The van der Waals surface area contributed by atoms with Gasteiger partial charge in [-0.2, -0.15) is 0 Å². The molecule has 3 nitrogen and oxygen atoms in total. The summed E-state index contributed by atoms with van der Waals surface area (Å²) in [6.45, 7) is 0. The number of Topliss-reactive ketones (excluding diaryl/α,β-unsaturated/α-hetero) is 1. The molecule has 1 N–H and O–H groups in total. The molecular formula is C12H10O3. The van der Waals surface area contributed by atoms with E-state index in [0.29, 0.717) is 5.56 Å². The predicted molar refractivity (Wildman–Crippen MR) is 55.3 cm³/mol. The summed E-state index contributed by atoms with van der Waals surface area (Å²) in [5.74, 6) is -0.731. The molecule has 15 heavy (non-hydrogen) atoms. The minimum atomic E-state index is -1.45. The van der Waals surface area contributed by atoms with Crippen LogP contribution in [0.1, 0.15) is 17.9 Å². The van der Waals surface area contributed by atoms with Crippen molar-refractivity contribution in [2.24, 2.45) is 0 Å². The third-order valence-electron chi connectivity index (χ3n) is 2.05. The van der Waals surface area contributed by atoms with Gasteiger partial charge in [-0.05, 0) is 5.56 Å². The molecule has 0 radical (unpaired) electrons. The monoisotopic (exact) mass is 202 g/mol. The van der Waals surface area contributed by atoms with Crippen LogP contribution in [0.5, 0.6) is 0 Å². The summed E-state index contributed by atoms with van der Waals surface area (Å²) in [4.78, 5) is 21.9. The third kappa shape index (κ3) is 2.68. The van der Waals surface area contributed by atoms with Crippen LogP contribution in [0.3, 0.4) is 0 Å². The van der Waals surface area contributed by atoms with Crippen molar-refractivity contribution in [2.75, 3.05) is 0 Å². The number of terminal acetylenes is 1. The molecule has 1 aromatic carbocycles.